The molecule has 1 aliphatic rings. The summed E-state index contributed by atoms with van der Waals surface area (Å²) in [4.78, 5) is 24.8. The molecule has 1 fully saturated rings. The van der Waals surface area contributed by atoms with E-state index in [1.807, 2.05) is 6.92 Å². The van der Waals surface area contributed by atoms with Gasteiger partial charge in [-0.2, -0.15) is 0 Å². The molecule has 1 rings (SSSR count). The van der Waals surface area contributed by atoms with E-state index in [1.54, 1.807) is 0 Å². The zero-order valence-corrected chi connectivity index (χ0v) is 14.8. The second-order valence-electron chi connectivity index (χ2n) is 6.14. The van der Waals surface area contributed by atoms with Crippen molar-refractivity contribution in [1.29, 1.82) is 0 Å². The zero-order valence-electron chi connectivity index (χ0n) is 14.0. The normalized spacial score (nSPS) is 18.0. The summed E-state index contributed by atoms with van der Waals surface area (Å²) < 4.78 is 0. The van der Waals surface area contributed by atoms with Crippen LogP contribution >= 0.6 is 12.4 Å². The maximum atomic E-state index is 12.5. The average Bonchev–Trinajstić information content (AvgIpc) is 2.48. The summed E-state index contributed by atoms with van der Waals surface area (Å²) in [6, 6.07) is -0.516. The van der Waals surface area contributed by atoms with E-state index in [9.17, 15) is 9.59 Å². The molecule has 1 unspecified atom stereocenters. The number of nitrogens with two attached hydrogens (primary N) is 1. The van der Waals surface area contributed by atoms with Gasteiger partial charge in [0.1, 0.15) is 5.54 Å². The molecule has 0 radical (unpaired) electrons. The van der Waals surface area contributed by atoms with Gasteiger partial charge >= 0.3 is 0 Å². The predicted octanol–water partition coefficient (Wildman–Crippen LogP) is 2.27. The number of hydrogen-bond donors (Lipinski definition) is 3. The van der Waals surface area contributed by atoms with E-state index in [2.05, 4.69) is 17.6 Å². The fourth-order valence-corrected chi connectivity index (χ4v) is 2.88. The van der Waals surface area contributed by atoms with E-state index in [0.717, 1.165) is 51.4 Å². The Morgan fingerprint density at radius 3 is 2.32 bits per heavy atom. The maximum absolute atomic E-state index is 12.5. The molecule has 1 aliphatic carbocycles. The lowest BCUT2D eigenvalue weighted by Gasteiger charge is -2.37. The smallest absolute Gasteiger partial charge is 0.245 e. The van der Waals surface area contributed by atoms with Crippen molar-refractivity contribution in [2.24, 2.45) is 5.73 Å². The molecule has 22 heavy (non-hydrogen) atoms. The van der Waals surface area contributed by atoms with Crippen LogP contribution in [0.4, 0.5) is 0 Å². The number of carbonyl (C=O) groups is 2. The molecule has 4 N–H and O–H groups in total. The van der Waals surface area contributed by atoms with E-state index in [1.165, 1.54) is 0 Å². The van der Waals surface area contributed by atoms with Crippen molar-refractivity contribution in [3.63, 3.8) is 0 Å². The Labute approximate surface area is 140 Å². The van der Waals surface area contributed by atoms with Gasteiger partial charge in [0.15, 0.2) is 0 Å². The summed E-state index contributed by atoms with van der Waals surface area (Å²) in [6.07, 6.45) is 8.04. The second-order valence-corrected chi connectivity index (χ2v) is 6.14. The minimum absolute atomic E-state index is 0. The van der Waals surface area contributed by atoms with Gasteiger partial charge in [0.25, 0.3) is 0 Å². The van der Waals surface area contributed by atoms with Crippen LogP contribution in [0.25, 0.3) is 0 Å². The van der Waals surface area contributed by atoms with Crippen LogP contribution in [0.1, 0.15) is 71.6 Å². The number of unbranched alkanes of at least 4 members (excludes halogenated alkanes) is 1. The summed E-state index contributed by atoms with van der Waals surface area (Å²) in [5.74, 6) is -0.225. The highest BCUT2D eigenvalue weighted by Crippen LogP contribution is 2.28. The molecular formula is C16H32ClN3O2. The summed E-state index contributed by atoms with van der Waals surface area (Å²) in [7, 11) is 0. The molecule has 6 heteroatoms. The van der Waals surface area contributed by atoms with Crippen LogP contribution in [0.2, 0.25) is 0 Å². The van der Waals surface area contributed by atoms with E-state index in [4.69, 9.17) is 5.73 Å². The fourth-order valence-electron chi connectivity index (χ4n) is 2.88. The highest BCUT2D eigenvalue weighted by molar-refractivity contribution is 5.93. The number of amides is 2. The van der Waals surface area contributed by atoms with E-state index >= 15 is 0 Å². The Balaban J connectivity index is 0.00000441. The van der Waals surface area contributed by atoms with Gasteiger partial charge in [0, 0.05) is 6.54 Å². The lowest BCUT2D eigenvalue weighted by Crippen LogP contribution is -2.62. The number of carbonyl (C=O) groups excluding carboxylic acids is 2. The number of nitrogens with one attached hydrogen (secondary N) is 2. The van der Waals surface area contributed by atoms with E-state index in [0.29, 0.717) is 13.0 Å². The predicted molar refractivity (Wildman–Crippen MR) is 92.0 cm³/mol. The Morgan fingerprint density at radius 1 is 1.14 bits per heavy atom. The number of halogens is 1. The SMILES string of the molecule is CCCCNC(=O)C1(NC(=O)C(N)CCC)CCCCC1.Cl. The minimum atomic E-state index is -0.742. The van der Waals surface area contributed by atoms with Crippen LogP contribution in [-0.2, 0) is 9.59 Å². The lowest BCUT2D eigenvalue weighted by atomic mass is 9.80. The molecule has 0 aromatic rings. The van der Waals surface area contributed by atoms with Crippen molar-refractivity contribution in [3.8, 4) is 0 Å². The standard InChI is InChI=1S/C16H31N3O2.ClH/c1-3-5-12-18-15(21)16(10-7-6-8-11-16)19-14(20)13(17)9-4-2;/h13H,3-12,17H2,1-2H3,(H,18,21)(H,19,20);1H. The third-order valence-corrected chi connectivity index (χ3v) is 4.26. The van der Waals surface area contributed by atoms with Gasteiger partial charge in [0.05, 0.1) is 6.04 Å². The van der Waals surface area contributed by atoms with Crippen molar-refractivity contribution >= 4 is 24.2 Å². The maximum Gasteiger partial charge on any atom is 0.245 e. The van der Waals surface area contributed by atoms with Crippen molar-refractivity contribution in [3.05, 3.63) is 0 Å². The van der Waals surface area contributed by atoms with Crippen LogP contribution in [0.15, 0.2) is 0 Å². The molecule has 0 heterocycles. The number of hydrogen-bond acceptors (Lipinski definition) is 3. The largest absolute Gasteiger partial charge is 0.354 e. The molecule has 0 bridgehead atoms. The van der Waals surface area contributed by atoms with Crippen LogP contribution < -0.4 is 16.4 Å². The zero-order chi connectivity index (χ0) is 15.7. The van der Waals surface area contributed by atoms with Crippen LogP contribution in [-0.4, -0.2) is 29.9 Å². The lowest BCUT2D eigenvalue weighted by molar-refractivity contribution is -0.135. The van der Waals surface area contributed by atoms with Crippen LogP contribution in [0, 0.1) is 0 Å². The Bertz CT molecular complexity index is 344. The molecule has 1 atom stereocenters. The molecule has 0 aromatic heterocycles. The molecule has 130 valence electrons. The summed E-state index contributed by atoms with van der Waals surface area (Å²) in [5.41, 5.74) is 5.14. The Morgan fingerprint density at radius 2 is 1.77 bits per heavy atom. The van der Waals surface area contributed by atoms with Crippen LogP contribution in [0.3, 0.4) is 0 Å². The minimum Gasteiger partial charge on any atom is -0.354 e. The summed E-state index contributed by atoms with van der Waals surface area (Å²) >= 11 is 0. The molecule has 1 saturated carbocycles. The first-order valence-corrected chi connectivity index (χ1v) is 8.41. The Hall–Kier alpha value is -0.810. The van der Waals surface area contributed by atoms with Crippen molar-refractivity contribution < 1.29 is 9.59 Å². The topological polar surface area (TPSA) is 84.2 Å². The van der Waals surface area contributed by atoms with Gasteiger partial charge in [-0.3, -0.25) is 9.59 Å². The Kier molecular flexibility index (Phi) is 10.4. The molecule has 5 nitrogen and oxygen atoms in total. The van der Waals surface area contributed by atoms with Gasteiger partial charge in [-0.05, 0) is 25.7 Å². The highest BCUT2D eigenvalue weighted by atomic mass is 35.5. The molecule has 0 aliphatic heterocycles. The van der Waals surface area contributed by atoms with Crippen molar-refractivity contribution in [1.82, 2.24) is 10.6 Å². The first-order valence-electron chi connectivity index (χ1n) is 8.41. The third-order valence-electron chi connectivity index (χ3n) is 4.26. The summed E-state index contributed by atoms with van der Waals surface area (Å²) in [6.45, 7) is 4.77. The quantitative estimate of drug-likeness (QED) is 0.596. The van der Waals surface area contributed by atoms with Gasteiger partial charge in [-0.1, -0.05) is 46.0 Å². The third kappa shape index (κ3) is 6.13. The fraction of sp³-hybridized carbons (Fsp3) is 0.875. The van der Waals surface area contributed by atoms with Crippen LogP contribution in [0.5, 0.6) is 0 Å². The monoisotopic (exact) mass is 333 g/mol. The first-order chi connectivity index (χ1) is 10.1. The van der Waals surface area contributed by atoms with Gasteiger partial charge in [-0.25, -0.2) is 0 Å². The average molecular weight is 334 g/mol. The van der Waals surface area contributed by atoms with Gasteiger partial charge in [0.2, 0.25) is 11.8 Å². The highest BCUT2D eigenvalue weighted by Gasteiger charge is 2.41. The molecule has 0 saturated heterocycles. The number of rotatable bonds is 8. The van der Waals surface area contributed by atoms with E-state index < -0.39 is 11.6 Å². The van der Waals surface area contributed by atoms with E-state index in [-0.39, 0.29) is 24.2 Å². The molecular weight excluding hydrogens is 302 g/mol. The van der Waals surface area contributed by atoms with Gasteiger partial charge < -0.3 is 16.4 Å². The second kappa shape index (κ2) is 10.8. The molecule has 0 spiro atoms. The molecule has 0 aromatic carbocycles. The van der Waals surface area contributed by atoms with Gasteiger partial charge in [-0.15, -0.1) is 12.4 Å². The van der Waals surface area contributed by atoms with Crippen molar-refractivity contribution in [2.45, 2.75) is 83.2 Å². The molecule has 2 amide bonds. The van der Waals surface area contributed by atoms with Crippen molar-refractivity contribution in [2.75, 3.05) is 6.54 Å². The summed E-state index contributed by atoms with van der Waals surface area (Å²) in [5, 5.41) is 5.94. The first kappa shape index (κ1) is 21.2.